The monoisotopic (exact) mass is 280 g/mol. The van der Waals surface area contributed by atoms with Gasteiger partial charge in [0.05, 0.1) is 13.2 Å². The largest absolute Gasteiger partial charge is 0.504 e. The molecule has 0 fully saturated rings. The fourth-order valence-corrected chi connectivity index (χ4v) is 1.83. The van der Waals surface area contributed by atoms with Crippen molar-refractivity contribution in [2.45, 2.75) is 27.2 Å². The third-order valence-electron chi connectivity index (χ3n) is 2.83. The van der Waals surface area contributed by atoms with Gasteiger partial charge < -0.3 is 14.6 Å². The van der Waals surface area contributed by atoms with Crippen molar-refractivity contribution in [2.75, 3.05) is 13.2 Å². The number of benzene rings is 1. The van der Waals surface area contributed by atoms with Crippen molar-refractivity contribution in [2.24, 2.45) is 5.92 Å². The van der Waals surface area contributed by atoms with Crippen LogP contribution in [0.25, 0.3) is 0 Å². The molecule has 0 bridgehead atoms. The maximum atomic E-state index is 11.7. The predicted molar refractivity (Wildman–Crippen MR) is 73.8 cm³/mol. The van der Waals surface area contributed by atoms with Crippen LogP contribution in [-0.2, 0) is 20.7 Å². The lowest BCUT2D eigenvalue weighted by molar-refractivity contribution is -0.151. The molecule has 1 aromatic rings. The van der Waals surface area contributed by atoms with Gasteiger partial charge in [-0.2, -0.15) is 0 Å². The molecule has 110 valence electrons. The summed E-state index contributed by atoms with van der Waals surface area (Å²) in [5.41, 5.74) is 0.736. The number of aromatic hydroxyl groups is 1. The highest BCUT2D eigenvalue weighted by Crippen LogP contribution is 2.28. The van der Waals surface area contributed by atoms with E-state index in [0.29, 0.717) is 12.4 Å². The maximum absolute atomic E-state index is 11.7. The highest BCUT2D eigenvalue weighted by molar-refractivity contribution is 5.98. The van der Waals surface area contributed by atoms with Gasteiger partial charge in [-0.1, -0.05) is 6.07 Å². The molecular formula is C15H20O5. The molecule has 1 rings (SSSR count). The van der Waals surface area contributed by atoms with E-state index >= 15 is 0 Å². The Morgan fingerprint density at radius 3 is 2.50 bits per heavy atom. The number of esters is 1. The molecule has 0 amide bonds. The lowest BCUT2D eigenvalue weighted by atomic mass is 9.96. The van der Waals surface area contributed by atoms with Crippen molar-refractivity contribution < 1.29 is 24.2 Å². The zero-order valence-corrected chi connectivity index (χ0v) is 12.0. The topological polar surface area (TPSA) is 72.8 Å². The van der Waals surface area contributed by atoms with E-state index in [1.165, 1.54) is 13.0 Å². The van der Waals surface area contributed by atoms with E-state index in [9.17, 15) is 14.7 Å². The first-order chi connectivity index (χ1) is 9.49. The van der Waals surface area contributed by atoms with Gasteiger partial charge in [0.15, 0.2) is 11.5 Å². The number of carbonyl (C=O) groups is 2. The maximum Gasteiger partial charge on any atom is 0.316 e. The lowest BCUT2D eigenvalue weighted by Crippen LogP contribution is -2.26. The molecule has 0 aliphatic rings. The van der Waals surface area contributed by atoms with Crippen LogP contribution in [0.15, 0.2) is 18.2 Å². The summed E-state index contributed by atoms with van der Waals surface area (Å²) >= 11 is 0. The minimum Gasteiger partial charge on any atom is -0.504 e. The van der Waals surface area contributed by atoms with Crippen LogP contribution in [0.1, 0.15) is 26.3 Å². The summed E-state index contributed by atoms with van der Waals surface area (Å²) in [6.07, 6.45) is 0.231. The normalized spacial score (nSPS) is 11.8. The Balaban J connectivity index is 2.91. The summed E-state index contributed by atoms with van der Waals surface area (Å²) in [5.74, 6) is -1.21. The van der Waals surface area contributed by atoms with Crippen LogP contribution in [0.2, 0.25) is 0 Å². The van der Waals surface area contributed by atoms with Crippen molar-refractivity contribution in [3.8, 4) is 11.5 Å². The number of hydrogen-bond donors (Lipinski definition) is 1. The fraction of sp³-hybridized carbons (Fsp3) is 0.467. The van der Waals surface area contributed by atoms with Crippen molar-refractivity contribution in [3.63, 3.8) is 0 Å². The fourth-order valence-electron chi connectivity index (χ4n) is 1.83. The van der Waals surface area contributed by atoms with E-state index < -0.39 is 11.9 Å². The highest BCUT2D eigenvalue weighted by atomic mass is 16.5. The quantitative estimate of drug-likeness (QED) is 0.611. The van der Waals surface area contributed by atoms with Gasteiger partial charge >= 0.3 is 5.97 Å². The molecule has 20 heavy (non-hydrogen) atoms. The predicted octanol–water partition coefficient (Wildman–Crippen LogP) is 2.10. The van der Waals surface area contributed by atoms with E-state index in [0.717, 1.165) is 5.56 Å². The van der Waals surface area contributed by atoms with Gasteiger partial charge in [-0.15, -0.1) is 0 Å². The van der Waals surface area contributed by atoms with Gasteiger partial charge in [0.1, 0.15) is 11.7 Å². The van der Waals surface area contributed by atoms with Crippen molar-refractivity contribution in [1.29, 1.82) is 0 Å². The molecule has 1 N–H and O–H groups in total. The second-order valence-corrected chi connectivity index (χ2v) is 4.35. The van der Waals surface area contributed by atoms with Crippen LogP contribution in [0.4, 0.5) is 0 Å². The smallest absolute Gasteiger partial charge is 0.316 e. The Hall–Kier alpha value is -2.04. The van der Waals surface area contributed by atoms with Crippen LogP contribution in [-0.4, -0.2) is 30.1 Å². The molecule has 0 spiro atoms. The number of hydrogen-bond acceptors (Lipinski definition) is 5. The number of Topliss-reactive ketones (excluding diaryl/α,β-unsaturated/α-hetero) is 1. The van der Waals surface area contributed by atoms with Crippen molar-refractivity contribution in [1.82, 2.24) is 0 Å². The van der Waals surface area contributed by atoms with Crippen LogP contribution in [0, 0.1) is 5.92 Å². The third-order valence-corrected chi connectivity index (χ3v) is 2.83. The summed E-state index contributed by atoms with van der Waals surface area (Å²) in [7, 11) is 0. The van der Waals surface area contributed by atoms with Crippen LogP contribution in [0.3, 0.4) is 0 Å². The van der Waals surface area contributed by atoms with Crippen molar-refractivity contribution in [3.05, 3.63) is 23.8 Å². The highest BCUT2D eigenvalue weighted by Gasteiger charge is 2.25. The molecule has 1 unspecified atom stereocenters. The second kappa shape index (κ2) is 7.53. The number of carbonyl (C=O) groups excluding carboxylic acids is 2. The van der Waals surface area contributed by atoms with Gasteiger partial charge in [-0.25, -0.2) is 0 Å². The molecule has 0 aliphatic heterocycles. The van der Waals surface area contributed by atoms with E-state index in [2.05, 4.69) is 0 Å². The average Bonchev–Trinajstić information content (AvgIpc) is 2.39. The molecule has 1 atom stereocenters. The minimum atomic E-state index is -0.825. The molecule has 0 aliphatic carbocycles. The molecule has 0 radical (unpaired) electrons. The molecule has 0 heterocycles. The molecule has 0 aromatic heterocycles. The zero-order chi connectivity index (χ0) is 15.1. The first kappa shape index (κ1) is 16.0. The van der Waals surface area contributed by atoms with E-state index in [-0.39, 0.29) is 24.6 Å². The number of phenols is 1. The average molecular weight is 280 g/mol. The van der Waals surface area contributed by atoms with Crippen molar-refractivity contribution >= 4 is 11.8 Å². The molecular weight excluding hydrogens is 260 g/mol. The summed E-state index contributed by atoms with van der Waals surface area (Å²) in [5, 5.41) is 9.62. The van der Waals surface area contributed by atoms with E-state index in [1.54, 1.807) is 19.1 Å². The summed E-state index contributed by atoms with van der Waals surface area (Å²) in [4.78, 5) is 23.3. The van der Waals surface area contributed by atoms with Gasteiger partial charge in [-0.3, -0.25) is 9.59 Å². The third kappa shape index (κ3) is 4.26. The lowest BCUT2D eigenvalue weighted by Gasteiger charge is -2.14. The Labute approximate surface area is 118 Å². The van der Waals surface area contributed by atoms with Gasteiger partial charge in [0.25, 0.3) is 0 Å². The zero-order valence-electron chi connectivity index (χ0n) is 12.0. The Morgan fingerprint density at radius 2 is 1.95 bits per heavy atom. The first-order valence-electron chi connectivity index (χ1n) is 6.61. The standard InChI is InChI=1S/C15H20O5/c1-4-19-14-9-11(6-7-13(14)17)8-12(10(3)16)15(18)20-5-2/h6-7,9,12,17H,4-5,8H2,1-3H3. The summed E-state index contributed by atoms with van der Waals surface area (Å²) in [6.45, 7) is 5.53. The Kier molecular flexibility index (Phi) is 6.03. The molecule has 5 heteroatoms. The van der Waals surface area contributed by atoms with Gasteiger partial charge in [0.2, 0.25) is 0 Å². The van der Waals surface area contributed by atoms with Crippen LogP contribution < -0.4 is 4.74 Å². The summed E-state index contributed by atoms with van der Waals surface area (Å²) in [6, 6.07) is 4.78. The Bertz CT molecular complexity index is 481. The van der Waals surface area contributed by atoms with Gasteiger partial charge in [-0.05, 0) is 44.9 Å². The van der Waals surface area contributed by atoms with Gasteiger partial charge in [0, 0.05) is 0 Å². The molecule has 0 saturated heterocycles. The molecule has 5 nitrogen and oxygen atoms in total. The van der Waals surface area contributed by atoms with E-state index in [1.807, 2.05) is 6.92 Å². The number of ether oxygens (including phenoxy) is 2. The SMILES string of the molecule is CCOC(=O)C(Cc1ccc(O)c(OCC)c1)C(C)=O. The first-order valence-corrected chi connectivity index (χ1v) is 6.61. The van der Waals surface area contributed by atoms with Crippen LogP contribution >= 0.6 is 0 Å². The number of rotatable bonds is 7. The number of phenolic OH excluding ortho intramolecular Hbond substituents is 1. The minimum absolute atomic E-state index is 0.0334. The Morgan fingerprint density at radius 1 is 1.25 bits per heavy atom. The summed E-state index contributed by atoms with van der Waals surface area (Å²) < 4.78 is 10.2. The molecule has 0 saturated carbocycles. The second-order valence-electron chi connectivity index (χ2n) is 4.35. The molecule has 1 aromatic carbocycles. The van der Waals surface area contributed by atoms with Crippen LogP contribution in [0.5, 0.6) is 11.5 Å². The van der Waals surface area contributed by atoms with E-state index in [4.69, 9.17) is 9.47 Å². The number of ketones is 1.